The van der Waals surface area contributed by atoms with Gasteiger partial charge in [0.15, 0.2) is 0 Å². The van der Waals surface area contributed by atoms with Crippen LogP contribution >= 0.6 is 0 Å². The second-order valence-electron chi connectivity index (χ2n) is 3.06. The van der Waals surface area contributed by atoms with Crippen molar-refractivity contribution in [2.45, 2.75) is 6.42 Å². The molecular formula is C11H12N2O2S. The molecule has 0 unspecified atom stereocenters. The van der Waals surface area contributed by atoms with Crippen molar-refractivity contribution in [1.29, 1.82) is 5.26 Å². The van der Waals surface area contributed by atoms with E-state index in [-0.39, 0.29) is 13.0 Å². The van der Waals surface area contributed by atoms with Crippen LogP contribution in [0.5, 0.6) is 0 Å². The lowest BCUT2D eigenvalue weighted by Gasteiger charge is -1.98. The lowest BCUT2D eigenvalue weighted by Crippen LogP contribution is -2.21. The SMILES string of the molecule is N#CCCNS(=O)(=O)/C=C/c1ccccc1. The number of nitrogens with zero attached hydrogens (tertiary/aromatic N) is 1. The fourth-order valence-corrected chi connectivity index (χ4v) is 1.85. The van der Waals surface area contributed by atoms with Crippen molar-refractivity contribution in [2.75, 3.05) is 6.54 Å². The monoisotopic (exact) mass is 236 g/mol. The van der Waals surface area contributed by atoms with Crippen LogP contribution in [0.15, 0.2) is 35.7 Å². The number of benzene rings is 1. The Hall–Kier alpha value is -1.64. The minimum atomic E-state index is -3.43. The van der Waals surface area contributed by atoms with E-state index in [1.54, 1.807) is 12.1 Å². The molecule has 0 saturated heterocycles. The van der Waals surface area contributed by atoms with Crippen LogP contribution < -0.4 is 4.72 Å². The molecule has 0 fully saturated rings. The van der Waals surface area contributed by atoms with E-state index in [1.807, 2.05) is 24.3 Å². The van der Waals surface area contributed by atoms with Gasteiger partial charge in [-0.05, 0) is 11.6 Å². The fraction of sp³-hybridized carbons (Fsp3) is 0.182. The van der Waals surface area contributed by atoms with Gasteiger partial charge in [-0.25, -0.2) is 13.1 Å². The highest BCUT2D eigenvalue weighted by atomic mass is 32.2. The molecule has 0 aliphatic heterocycles. The predicted octanol–water partition coefficient (Wildman–Crippen LogP) is 1.49. The van der Waals surface area contributed by atoms with Crippen LogP contribution in [0.4, 0.5) is 0 Å². The van der Waals surface area contributed by atoms with Gasteiger partial charge in [0.25, 0.3) is 0 Å². The molecule has 0 heterocycles. The van der Waals surface area contributed by atoms with Gasteiger partial charge in [-0.15, -0.1) is 0 Å². The van der Waals surface area contributed by atoms with Crippen LogP contribution in [0.1, 0.15) is 12.0 Å². The van der Waals surface area contributed by atoms with Crippen molar-refractivity contribution in [2.24, 2.45) is 0 Å². The van der Waals surface area contributed by atoms with Crippen molar-refractivity contribution < 1.29 is 8.42 Å². The zero-order valence-electron chi connectivity index (χ0n) is 8.63. The highest BCUT2D eigenvalue weighted by molar-refractivity contribution is 7.92. The molecule has 16 heavy (non-hydrogen) atoms. The Labute approximate surface area is 95.3 Å². The number of nitriles is 1. The van der Waals surface area contributed by atoms with Crippen LogP contribution in [0.3, 0.4) is 0 Å². The van der Waals surface area contributed by atoms with E-state index in [1.165, 1.54) is 6.08 Å². The normalized spacial score (nSPS) is 11.4. The predicted molar refractivity (Wildman–Crippen MR) is 62.6 cm³/mol. The first-order valence-electron chi connectivity index (χ1n) is 4.74. The van der Waals surface area contributed by atoms with Gasteiger partial charge < -0.3 is 0 Å². The molecule has 1 N–H and O–H groups in total. The smallest absolute Gasteiger partial charge is 0.211 e. The maximum absolute atomic E-state index is 11.4. The summed E-state index contributed by atoms with van der Waals surface area (Å²) in [5.74, 6) is 0. The van der Waals surface area contributed by atoms with Gasteiger partial charge in [0.05, 0.1) is 6.07 Å². The summed E-state index contributed by atoms with van der Waals surface area (Å²) in [6.45, 7) is 0.137. The molecule has 4 nitrogen and oxygen atoms in total. The van der Waals surface area contributed by atoms with Gasteiger partial charge in [-0.2, -0.15) is 5.26 Å². The maximum Gasteiger partial charge on any atom is 0.233 e. The molecule has 0 atom stereocenters. The summed E-state index contributed by atoms with van der Waals surface area (Å²) in [6, 6.07) is 11.0. The highest BCUT2D eigenvalue weighted by Gasteiger charge is 2.02. The van der Waals surface area contributed by atoms with Crippen LogP contribution in [-0.2, 0) is 10.0 Å². The van der Waals surface area contributed by atoms with Gasteiger partial charge in [0, 0.05) is 18.4 Å². The molecule has 0 aliphatic carbocycles. The molecule has 0 aromatic heterocycles. The fourth-order valence-electron chi connectivity index (χ4n) is 1.03. The first kappa shape index (κ1) is 12.4. The summed E-state index contributed by atoms with van der Waals surface area (Å²) in [5, 5.41) is 9.37. The van der Waals surface area contributed by atoms with Crippen molar-refractivity contribution in [3.63, 3.8) is 0 Å². The Morgan fingerprint density at radius 3 is 2.62 bits per heavy atom. The molecule has 84 valence electrons. The van der Waals surface area contributed by atoms with Gasteiger partial charge >= 0.3 is 0 Å². The Bertz CT molecular complexity index is 486. The van der Waals surface area contributed by atoms with Crippen LogP contribution in [-0.4, -0.2) is 15.0 Å². The molecule has 0 amide bonds. The first-order chi connectivity index (χ1) is 7.64. The maximum atomic E-state index is 11.4. The average molecular weight is 236 g/mol. The molecule has 0 radical (unpaired) electrons. The molecule has 0 bridgehead atoms. The lowest BCUT2D eigenvalue weighted by atomic mass is 10.2. The van der Waals surface area contributed by atoms with E-state index in [9.17, 15) is 8.42 Å². The largest absolute Gasteiger partial charge is 0.233 e. The van der Waals surface area contributed by atoms with Crippen molar-refractivity contribution in [1.82, 2.24) is 4.72 Å². The molecule has 0 aliphatic rings. The molecule has 5 heteroatoms. The quantitative estimate of drug-likeness (QED) is 0.787. The second-order valence-corrected chi connectivity index (χ2v) is 4.71. The summed E-state index contributed by atoms with van der Waals surface area (Å²) in [6.07, 6.45) is 1.67. The summed E-state index contributed by atoms with van der Waals surface area (Å²) < 4.78 is 25.0. The summed E-state index contributed by atoms with van der Waals surface area (Å²) in [5.41, 5.74) is 0.813. The third kappa shape index (κ3) is 4.73. The van der Waals surface area contributed by atoms with Gasteiger partial charge in [-0.3, -0.25) is 0 Å². The zero-order valence-corrected chi connectivity index (χ0v) is 9.44. The zero-order chi connectivity index (χ0) is 11.9. The molecular weight excluding hydrogens is 224 g/mol. The van der Waals surface area contributed by atoms with E-state index < -0.39 is 10.0 Å². The van der Waals surface area contributed by atoms with Crippen LogP contribution in [0, 0.1) is 11.3 Å². The van der Waals surface area contributed by atoms with E-state index in [2.05, 4.69) is 4.72 Å². The molecule has 0 saturated carbocycles. The van der Waals surface area contributed by atoms with Gasteiger partial charge in [-0.1, -0.05) is 30.3 Å². The average Bonchev–Trinajstić information content (AvgIpc) is 2.28. The third-order valence-corrected chi connectivity index (χ3v) is 2.88. The minimum absolute atomic E-state index is 0.137. The topological polar surface area (TPSA) is 70.0 Å². The summed E-state index contributed by atoms with van der Waals surface area (Å²) >= 11 is 0. The molecule has 1 aromatic carbocycles. The number of rotatable bonds is 5. The Kier molecular flexibility index (Phi) is 4.70. The summed E-state index contributed by atoms with van der Waals surface area (Å²) in [7, 11) is -3.43. The van der Waals surface area contributed by atoms with E-state index >= 15 is 0 Å². The first-order valence-corrected chi connectivity index (χ1v) is 6.28. The molecule has 0 spiro atoms. The number of nitrogens with one attached hydrogen (secondary N) is 1. The van der Waals surface area contributed by atoms with Crippen molar-refractivity contribution in [3.8, 4) is 6.07 Å². The lowest BCUT2D eigenvalue weighted by molar-refractivity contribution is 0.592. The second kappa shape index (κ2) is 6.05. The van der Waals surface area contributed by atoms with Crippen molar-refractivity contribution in [3.05, 3.63) is 41.3 Å². The Balaban J connectivity index is 2.60. The van der Waals surface area contributed by atoms with E-state index in [0.717, 1.165) is 11.0 Å². The standard InChI is InChI=1S/C11H12N2O2S/c12-8-4-9-13-16(14,15)10-7-11-5-2-1-3-6-11/h1-3,5-7,10,13H,4,9H2/b10-7+. The number of sulfonamides is 1. The highest BCUT2D eigenvalue weighted by Crippen LogP contribution is 2.02. The molecule has 1 aromatic rings. The Morgan fingerprint density at radius 1 is 1.31 bits per heavy atom. The van der Waals surface area contributed by atoms with Gasteiger partial charge in [0.2, 0.25) is 10.0 Å². The molecule has 1 rings (SSSR count). The number of hydrogen-bond acceptors (Lipinski definition) is 3. The summed E-state index contributed by atoms with van der Waals surface area (Å²) in [4.78, 5) is 0. The minimum Gasteiger partial charge on any atom is -0.211 e. The van der Waals surface area contributed by atoms with Crippen LogP contribution in [0.25, 0.3) is 6.08 Å². The van der Waals surface area contributed by atoms with E-state index in [4.69, 9.17) is 5.26 Å². The van der Waals surface area contributed by atoms with Gasteiger partial charge in [0.1, 0.15) is 0 Å². The Morgan fingerprint density at radius 2 is 2.00 bits per heavy atom. The van der Waals surface area contributed by atoms with Crippen molar-refractivity contribution >= 4 is 16.1 Å². The van der Waals surface area contributed by atoms with E-state index in [0.29, 0.717) is 0 Å². The number of hydrogen-bond donors (Lipinski definition) is 1. The van der Waals surface area contributed by atoms with Crippen LogP contribution in [0.2, 0.25) is 0 Å². The third-order valence-electron chi connectivity index (χ3n) is 1.78.